The van der Waals surface area contributed by atoms with Crippen LogP contribution in [0.25, 0.3) is 0 Å². The van der Waals surface area contributed by atoms with Crippen LogP contribution in [-0.2, 0) is 6.42 Å². The standard InChI is InChI=1S/C15H23NO2/c1-11(4-3-9-17)16-15-6-2-5-12-10-13(18)7-8-14(12)15/h7-8,10-11,15-18H,2-6,9H2,1H3. The molecule has 1 aromatic carbocycles. The zero-order valence-corrected chi connectivity index (χ0v) is 11.0. The summed E-state index contributed by atoms with van der Waals surface area (Å²) in [6, 6.07) is 6.52. The van der Waals surface area contributed by atoms with Gasteiger partial charge in [0.15, 0.2) is 0 Å². The van der Waals surface area contributed by atoms with Crippen molar-refractivity contribution in [3.05, 3.63) is 29.3 Å². The van der Waals surface area contributed by atoms with E-state index in [1.54, 1.807) is 6.07 Å². The Balaban J connectivity index is 2.03. The van der Waals surface area contributed by atoms with Crippen molar-refractivity contribution >= 4 is 0 Å². The van der Waals surface area contributed by atoms with Crippen LogP contribution in [0.15, 0.2) is 18.2 Å². The minimum absolute atomic E-state index is 0.265. The lowest BCUT2D eigenvalue weighted by Gasteiger charge is -2.29. The summed E-state index contributed by atoms with van der Waals surface area (Å²) in [5.41, 5.74) is 2.60. The molecule has 0 aromatic heterocycles. The van der Waals surface area contributed by atoms with Crippen LogP contribution in [0.1, 0.15) is 49.8 Å². The van der Waals surface area contributed by atoms with Gasteiger partial charge in [-0.3, -0.25) is 0 Å². The van der Waals surface area contributed by atoms with E-state index in [0.29, 0.717) is 17.8 Å². The van der Waals surface area contributed by atoms with Crippen LogP contribution in [0.5, 0.6) is 5.75 Å². The maximum Gasteiger partial charge on any atom is 0.115 e. The molecule has 3 heteroatoms. The van der Waals surface area contributed by atoms with Gasteiger partial charge in [0.2, 0.25) is 0 Å². The molecule has 0 amide bonds. The van der Waals surface area contributed by atoms with Gasteiger partial charge < -0.3 is 15.5 Å². The van der Waals surface area contributed by atoms with Gasteiger partial charge in [-0.15, -0.1) is 0 Å². The van der Waals surface area contributed by atoms with Crippen molar-refractivity contribution in [2.45, 2.75) is 51.1 Å². The van der Waals surface area contributed by atoms with Crippen molar-refractivity contribution in [2.75, 3.05) is 6.61 Å². The highest BCUT2D eigenvalue weighted by molar-refractivity contribution is 5.38. The molecule has 2 unspecified atom stereocenters. The first-order valence-electron chi connectivity index (χ1n) is 6.89. The number of phenols is 1. The third-order valence-corrected chi connectivity index (χ3v) is 3.72. The lowest BCUT2D eigenvalue weighted by Crippen LogP contribution is -2.32. The minimum Gasteiger partial charge on any atom is -0.508 e. The molecule has 0 spiro atoms. The molecule has 18 heavy (non-hydrogen) atoms. The Labute approximate surface area is 109 Å². The minimum atomic E-state index is 0.265. The van der Waals surface area contributed by atoms with Gasteiger partial charge in [0.1, 0.15) is 5.75 Å². The second-order valence-electron chi connectivity index (χ2n) is 5.26. The molecule has 1 aromatic rings. The quantitative estimate of drug-likeness (QED) is 0.751. The van der Waals surface area contributed by atoms with Crippen molar-refractivity contribution in [2.24, 2.45) is 0 Å². The summed E-state index contributed by atoms with van der Waals surface area (Å²) in [5, 5.41) is 22.0. The Morgan fingerprint density at radius 1 is 1.44 bits per heavy atom. The normalized spacial score (nSPS) is 20.4. The van der Waals surface area contributed by atoms with Crippen molar-refractivity contribution in [1.29, 1.82) is 0 Å². The van der Waals surface area contributed by atoms with Crippen molar-refractivity contribution < 1.29 is 10.2 Å². The van der Waals surface area contributed by atoms with Gasteiger partial charge >= 0.3 is 0 Å². The van der Waals surface area contributed by atoms with E-state index in [2.05, 4.69) is 12.2 Å². The molecule has 0 radical (unpaired) electrons. The van der Waals surface area contributed by atoms with Crippen molar-refractivity contribution in [3.63, 3.8) is 0 Å². The Bertz CT molecular complexity index is 392. The number of aryl methyl sites for hydroxylation is 1. The number of aliphatic hydroxyl groups is 1. The smallest absolute Gasteiger partial charge is 0.115 e. The molecule has 1 aliphatic carbocycles. The Morgan fingerprint density at radius 3 is 3.06 bits per heavy atom. The monoisotopic (exact) mass is 249 g/mol. The fraction of sp³-hybridized carbons (Fsp3) is 0.600. The van der Waals surface area contributed by atoms with Crippen LogP contribution < -0.4 is 5.32 Å². The van der Waals surface area contributed by atoms with Gasteiger partial charge in [0.05, 0.1) is 0 Å². The SMILES string of the molecule is CC(CCCO)NC1CCCc2cc(O)ccc21. The first-order valence-corrected chi connectivity index (χ1v) is 6.89. The summed E-state index contributed by atoms with van der Waals surface area (Å²) in [6.45, 7) is 2.44. The predicted octanol–water partition coefficient (Wildman–Crippen LogP) is 2.52. The van der Waals surface area contributed by atoms with Gasteiger partial charge in [0, 0.05) is 18.7 Å². The number of rotatable bonds is 5. The first-order chi connectivity index (χ1) is 8.70. The van der Waals surface area contributed by atoms with Crippen LogP contribution >= 0.6 is 0 Å². The van der Waals surface area contributed by atoms with Gasteiger partial charge in [-0.2, -0.15) is 0 Å². The van der Waals surface area contributed by atoms with E-state index in [1.807, 2.05) is 12.1 Å². The number of benzene rings is 1. The summed E-state index contributed by atoms with van der Waals surface area (Å²) >= 11 is 0. The summed E-state index contributed by atoms with van der Waals surface area (Å²) in [6.07, 6.45) is 5.23. The maximum atomic E-state index is 9.52. The average Bonchev–Trinajstić information content (AvgIpc) is 2.36. The Morgan fingerprint density at radius 2 is 2.28 bits per heavy atom. The van der Waals surface area contributed by atoms with E-state index in [1.165, 1.54) is 17.5 Å². The van der Waals surface area contributed by atoms with Crippen LogP contribution in [-0.4, -0.2) is 22.9 Å². The number of nitrogens with one attached hydrogen (secondary N) is 1. The van der Waals surface area contributed by atoms with Gasteiger partial charge in [-0.1, -0.05) is 6.07 Å². The molecule has 1 aliphatic rings. The highest BCUT2D eigenvalue weighted by Gasteiger charge is 2.21. The first kappa shape index (κ1) is 13.4. The highest BCUT2D eigenvalue weighted by Crippen LogP contribution is 2.32. The fourth-order valence-electron chi connectivity index (χ4n) is 2.80. The molecule has 0 bridgehead atoms. The number of phenolic OH excluding ortho intramolecular Hbond substituents is 1. The molecule has 2 rings (SSSR count). The molecular formula is C15H23NO2. The third kappa shape index (κ3) is 3.24. The second-order valence-corrected chi connectivity index (χ2v) is 5.26. The Kier molecular flexibility index (Phi) is 4.61. The number of aliphatic hydroxyl groups excluding tert-OH is 1. The van der Waals surface area contributed by atoms with E-state index in [4.69, 9.17) is 5.11 Å². The summed E-state index contributed by atoms with van der Waals surface area (Å²) in [5.74, 6) is 0.364. The number of hydrogen-bond donors (Lipinski definition) is 3. The van der Waals surface area contributed by atoms with Gasteiger partial charge in [-0.05, 0) is 62.3 Å². The highest BCUT2D eigenvalue weighted by atomic mass is 16.3. The van der Waals surface area contributed by atoms with Crippen LogP contribution in [0, 0.1) is 0 Å². The third-order valence-electron chi connectivity index (χ3n) is 3.72. The largest absolute Gasteiger partial charge is 0.508 e. The number of fused-ring (bicyclic) bond motifs is 1. The number of hydrogen-bond acceptors (Lipinski definition) is 3. The molecule has 3 nitrogen and oxygen atoms in total. The summed E-state index contributed by atoms with van der Waals surface area (Å²) < 4.78 is 0. The molecule has 0 saturated carbocycles. The fourth-order valence-corrected chi connectivity index (χ4v) is 2.80. The lowest BCUT2D eigenvalue weighted by molar-refractivity contribution is 0.272. The Hall–Kier alpha value is -1.06. The molecule has 0 fully saturated rings. The molecule has 0 saturated heterocycles. The molecular weight excluding hydrogens is 226 g/mol. The van der Waals surface area contributed by atoms with Crippen LogP contribution in [0.4, 0.5) is 0 Å². The lowest BCUT2D eigenvalue weighted by atomic mass is 9.87. The zero-order valence-electron chi connectivity index (χ0n) is 11.0. The van der Waals surface area contributed by atoms with E-state index in [0.717, 1.165) is 25.7 Å². The molecule has 3 N–H and O–H groups in total. The van der Waals surface area contributed by atoms with Gasteiger partial charge in [-0.25, -0.2) is 0 Å². The molecule has 2 atom stereocenters. The van der Waals surface area contributed by atoms with Crippen LogP contribution in [0.2, 0.25) is 0 Å². The maximum absolute atomic E-state index is 9.52. The number of aromatic hydroxyl groups is 1. The van der Waals surface area contributed by atoms with E-state index >= 15 is 0 Å². The molecule has 0 aliphatic heterocycles. The summed E-state index contributed by atoms with van der Waals surface area (Å²) in [7, 11) is 0. The molecule has 0 heterocycles. The average molecular weight is 249 g/mol. The zero-order chi connectivity index (χ0) is 13.0. The van der Waals surface area contributed by atoms with Gasteiger partial charge in [0.25, 0.3) is 0 Å². The molecule has 100 valence electrons. The predicted molar refractivity (Wildman–Crippen MR) is 72.7 cm³/mol. The van der Waals surface area contributed by atoms with E-state index in [-0.39, 0.29) is 6.61 Å². The topological polar surface area (TPSA) is 52.5 Å². The van der Waals surface area contributed by atoms with Crippen molar-refractivity contribution in [1.82, 2.24) is 5.32 Å². The summed E-state index contributed by atoms with van der Waals surface area (Å²) in [4.78, 5) is 0. The van der Waals surface area contributed by atoms with Crippen molar-refractivity contribution in [3.8, 4) is 5.75 Å². The van der Waals surface area contributed by atoms with Crippen LogP contribution in [0.3, 0.4) is 0 Å². The van der Waals surface area contributed by atoms with E-state index < -0.39 is 0 Å². The van der Waals surface area contributed by atoms with E-state index in [9.17, 15) is 5.11 Å². The second kappa shape index (κ2) is 6.21.